The fraction of sp³-hybridized carbons (Fsp3) is 0.0233. The van der Waals surface area contributed by atoms with Gasteiger partial charge in [-0.15, -0.1) is 0 Å². The minimum absolute atomic E-state index is 0. The first-order chi connectivity index (χ1) is 31.5. The summed E-state index contributed by atoms with van der Waals surface area (Å²) in [4.78, 5) is 24.6. The van der Waals surface area contributed by atoms with E-state index in [9.17, 15) is 0 Å². The van der Waals surface area contributed by atoms with Crippen LogP contribution in [-0.2, 0) is 0 Å². The molecular weight excluding hydrogens is 782 g/mol. The highest BCUT2D eigenvalue weighted by Crippen LogP contribution is 2.36. The average molecular weight is 822 g/mol. The van der Waals surface area contributed by atoms with Crippen molar-refractivity contribution in [1.82, 2.24) is 29.9 Å². The van der Waals surface area contributed by atoms with Crippen molar-refractivity contribution >= 4 is 91.3 Å². The van der Waals surface area contributed by atoms with Crippen molar-refractivity contribution in [3.8, 4) is 34.2 Å². The quantitative estimate of drug-likeness (QED) is 0.165. The molecule has 2 N–H and O–H groups in total. The fourth-order valence-electron chi connectivity index (χ4n) is 5.63. The summed E-state index contributed by atoms with van der Waals surface area (Å²) in [6.45, 7) is 0. The second-order valence-electron chi connectivity index (χ2n) is 11.4. The van der Waals surface area contributed by atoms with Gasteiger partial charge < -0.3 is 18.9 Å². The third-order valence-corrected chi connectivity index (χ3v) is 8.49. The molecule has 0 amide bonds. The van der Waals surface area contributed by atoms with E-state index in [2.05, 4.69) is 29.9 Å². The van der Waals surface area contributed by atoms with Crippen LogP contribution in [0.25, 0.3) is 78.0 Å². The molecule has 4 heterocycles. The van der Waals surface area contributed by atoms with Crippen molar-refractivity contribution in [3.63, 3.8) is 0 Å². The van der Waals surface area contributed by atoms with Crippen molar-refractivity contribution in [1.29, 1.82) is 0 Å². The third-order valence-electron chi connectivity index (χ3n) is 7.98. The first kappa shape index (κ1) is 28.2. The molecule has 14 heteroatoms. The Morgan fingerprint density at radius 3 is 1.40 bits per heavy atom. The summed E-state index contributed by atoms with van der Waals surface area (Å²) in [5, 5.41) is 21.4. The molecule has 6 aromatic carbocycles. The molecule has 0 aliphatic heterocycles. The lowest BCUT2D eigenvalue weighted by Gasteiger charge is -2.05. The molecule has 10 rings (SSSR count). The molecule has 10 nitrogen and oxygen atoms in total. The molecule has 0 aliphatic carbocycles. The smallest absolute Gasteiger partial charge is 0.455 e. The number of nitrogens with zero attached hydrogens (tertiary/aromatic N) is 6. The van der Waals surface area contributed by atoms with Crippen LogP contribution in [0.4, 0.5) is 0 Å². The van der Waals surface area contributed by atoms with E-state index in [-0.39, 0.29) is 40.5 Å². The van der Waals surface area contributed by atoms with Crippen LogP contribution in [0.5, 0.6) is 0 Å². The molecule has 4 aromatic heterocycles. The maximum absolute atomic E-state index is 8.81. The zero-order valence-corrected chi connectivity index (χ0v) is 30.5. The molecule has 0 bridgehead atoms. The van der Waals surface area contributed by atoms with Gasteiger partial charge in [0.05, 0.1) is 24.8 Å². The molecule has 57 heavy (non-hydrogen) atoms. The van der Waals surface area contributed by atoms with Crippen LogP contribution in [-0.4, -0.2) is 47.1 Å². The van der Waals surface area contributed by atoms with Gasteiger partial charge in [0, 0.05) is 27.1 Å². The zero-order valence-electron chi connectivity index (χ0n) is 38.2. The summed E-state index contributed by atoms with van der Waals surface area (Å²) in [6.07, 6.45) is 0. The van der Waals surface area contributed by atoms with E-state index in [1.807, 2.05) is 78.9 Å². The Morgan fingerprint density at radius 1 is 0.474 bits per heavy atom. The minimum atomic E-state index is -2.07. The highest BCUT2D eigenvalue weighted by Gasteiger charge is 2.17. The van der Waals surface area contributed by atoms with Crippen molar-refractivity contribution in [3.05, 3.63) is 161 Å². The molecule has 10 aromatic rings. The molecule has 280 valence electrons. The van der Waals surface area contributed by atoms with Crippen molar-refractivity contribution < 1.29 is 32.6 Å². The van der Waals surface area contributed by atoms with Gasteiger partial charge in [-0.3, -0.25) is 0 Å². The predicted octanol–water partition coefficient (Wildman–Crippen LogP) is 10.5. The second kappa shape index (κ2) is 17.3. The topological polar surface area (TPSA) is 144 Å². The van der Waals surface area contributed by atoms with E-state index >= 15 is 0 Å². The van der Waals surface area contributed by atoms with E-state index in [1.165, 1.54) is 0 Å². The van der Waals surface area contributed by atoms with Crippen LogP contribution < -0.4 is 5.46 Å². The predicted molar refractivity (Wildman–Crippen MR) is 229 cm³/mol. The summed E-state index contributed by atoms with van der Waals surface area (Å²) in [5.74, 6) is 0.455. The number of fused-ring (bicyclic) bond motifs is 6. The van der Waals surface area contributed by atoms with Crippen LogP contribution in [0.1, 0.15) is 21.1 Å². The van der Waals surface area contributed by atoms with E-state index in [0.29, 0.717) is 28.1 Å². The Labute approximate surface area is 355 Å². The van der Waals surface area contributed by atoms with Crippen molar-refractivity contribution in [2.45, 2.75) is 7.43 Å². The molecule has 0 spiro atoms. The van der Waals surface area contributed by atoms with E-state index in [0.717, 1.165) is 32.7 Å². The van der Waals surface area contributed by atoms with Gasteiger partial charge in [0.1, 0.15) is 22.3 Å². The van der Waals surface area contributed by atoms with Gasteiger partial charge in [0.15, 0.2) is 17.5 Å². The highest BCUT2D eigenvalue weighted by atomic mass is 35.5. The van der Waals surface area contributed by atoms with Gasteiger partial charge in [-0.05, 0) is 64.5 Å². The largest absolute Gasteiger partial charge is 0.488 e. The van der Waals surface area contributed by atoms with Crippen LogP contribution in [0.2, 0.25) is 15.9 Å². The van der Waals surface area contributed by atoms with Crippen LogP contribution in [0, 0.1) is 0 Å². The Morgan fingerprint density at radius 2 is 0.895 bits per heavy atom. The number of para-hydroxylation sites is 4. The summed E-state index contributed by atoms with van der Waals surface area (Å²) in [6, 6.07) is 21.6. The number of benzene rings is 6. The Balaban J connectivity index is 0.000000160. The molecule has 0 aliphatic rings. The molecular formula is C43H30BCl3N6O4. The van der Waals surface area contributed by atoms with Gasteiger partial charge in [0.2, 0.25) is 15.9 Å². The van der Waals surface area contributed by atoms with E-state index < -0.39 is 73.0 Å². The monoisotopic (exact) mass is 820 g/mol. The summed E-state index contributed by atoms with van der Waals surface area (Å²) in [5.41, 5.74) is 3.41. The fourth-order valence-corrected chi connectivity index (χ4v) is 6.15. The second-order valence-corrected chi connectivity index (χ2v) is 12.4. The molecule has 0 saturated heterocycles. The van der Waals surface area contributed by atoms with Crippen LogP contribution >= 0.6 is 34.8 Å². The summed E-state index contributed by atoms with van der Waals surface area (Å²) in [7, 11) is -2.07. The van der Waals surface area contributed by atoms with Crippen LogP contribution in [0.15, 0.2) is 154 Å². The maximum atomic E-state index is 8.81. The van der Waals surface area contributed by atoms with E-state index in [1.54, 1.807) is 6.07 Å². The summed E-state index contributed by atoms with van der Waals surface area (Å²) < 4.78 is 88.1. The number of halogens is 3. The zero-order chi connectivity index (χ0) is 47.3. The molecule has 0 radical (unpaired) electrons. The number of hydrogen-bond acceptors (Lipinski definition) is 10. The maximum Gasteiger partial charge on any atom is 0.488 e. The van der Waals surface area contributed by atoms with Crippen LogP contribution in [0.3, 0.4) is 0 Å². The van der Waals surface area contributed by atoms with Gasteiger partial charge in [-0.25, -0.2) is 4.98 Å². The lowest BCUT2D eigenvalue weighted by atomic mass is 9.81. The van der Waals surface area contributed by atoms with Gasteiger partial charge in [0.25, 0.3) is 0 Å². The molecule has 0 unspecified atom stereocenters. The van der Waals surface area contributed by atoms with Crippen molar-refractivity contribution in [2.24, 2.45) is 0 Å². The standard InChI is InChI=1S/C21H12ClN3O.C15H7Cl2N3O.C6H7BO2.CH4/c22-21-24-19(13-7-2-1-3-8-13)23-20(25-21)16-11-6-10-15-14-9-4-5-12-17(14)26-18(15)16;16-14-18-13(19-15(17)20-14)10-6-3-5-9-8-4-1-2-7-11(8)21-12(9)10;8-7(9)6-4-2-1-3-5-6;/h1-12H;1-7H;1-5,8-9H;1H4/i1D,2D,3D,7D,8D;;1D,2D,3D,4D,5D;. The summed E-state index contributed by atoms with van der Waals surface area (Å²) >= 11 is 17.9. The Kier molecular flexibility index (Phi) is 8.57. The molecule has 0 saturated carbocycles. The van der Waals surface area contributed by atoms with Gasteiger partial charge >= 0.3 is 7.12 Å². The van der Waals surface area contributed by atoms with Crippen molar-refractivity contribution in [2.75, 3.05) is 0 Å². The van der Waals surface area contributed by atoms with Gasteiger partial charge in [-0.1, -0.05) is 129 Å². The minimum Gasteiger partial charge on any atom is -0.455 e. The Bertz CT molecular complexity index is 3490. The third kappa shape index (κ3) is 8.48. The van der Waals surface area contributed by atoms with Gasteiger partial charge in [-0.2, -0.15) is 24.9 Å². The normalized spacial score (nSPS) is 13.2. The number of aromatic nitrogens is 6. The van der Waals surface area contributed by atoms with E-state index in [4.69, 9.17) is 67.4 Å². The Hall–Kier alpha value is -6.21. The molecule has 0 atom stereocenters. The number of hydrogen-bond donors (Lipinski definition) is 2. The average Bonchev–Trinajstić information content (AvgIpc) is 3.88. The first-order valence-corrected chi connectivity index (χ1v) is 17.4. The lowest BCUT2D eigenvalue weighted by Crippen LogP contribution is -2.29. The number of rotatable bonds is 4. The highest BCUT2D eigenvalue weighted by molar-refractivity contribution is 6.58. The lowest BCUT2D eigenvalue weighted by molar-refractivity contribution is 0.426. The SMILES string of the molecule is C.Clc1nc(Cl)nc(-c2cccc3c2oc2ccccc23)n1.[2H]c1c([2H])c([2H])c(-c2nc(Cl)nc(-c3cccc4c3oc3ccccc34)n2)c([2H])c1[2H].[2H]c1c([2H])c([2H])c(B(O)O)c([2H])c1[2H]. The number of furan rings is 2. The first-order valence-electron chi connectivity index (χ1n) is 21.3. The molecule has 0 fully saturated rings.